The van der Waals surface area contributed by atoms with Crippen molar-refractivity contribution >= 4 is 41.6 Å². The Morgan fingerprint density at radius 1 is 1.21 bits per heavy atom. The number of hydrogen-bond donors (Lipinski definition) is 2. The number of aliphatic carboxylic acids is 1. The summed E-state index contributed by atoms with van der Waals surface area (Å²) < 4.78 is 7.61. The predicted octanol–water partition coefficient (Wildman–Crippen LogP) is 2.74. The molecule has 1 saturated heterocycles. The number of nitrogens with zero attached hydrogens (tertiary/aromatic N) is 4. The van der Waals surface area contributed by atoms with Gasteiger partial charge in [0.2, 0.25) is 0 Å². The maximum absolute atomic E-state index is 12.1. The van der Waals surface area contributed by atoms with Crippen LogP contribution in [-0.4, -0.2) is 70.1 Å². The number of carbonyl (C=O) groups is 2. The molecule has 0 atom stereocenters. The molecule has 1 amide bonds. The van der Waals surface area contributed by atoms with Crippen LogP contribution in [-0.2, 0) is 9.53 Å². The van der Waals surface area contributed by atoms with E-state index in [2.05, 4.69) is 14.4 Å². The number of carboxylic acids is 1. The van der Waals surface area contributed by atoms with Crippen molar-refractivity contribution in [1.29, 1.82) is 0 Å². The first-order chi connectivity index (χ1) is 13.7. The van der Waals surface area contributed by atoms with Crippen LogP contribution in [0.1, 0.15) is 27.2 Å². The number of carboxylic acid groups (broad SMARTS) is 1. The van der Waals surface area contributed by atoms with Crippen molar-refractivity contribution in [3.8, 4) is 0 Å². The van der Waals surface area contributed by atoms with E-state index >= 15 is 0 Å². The van der Waals surface area contributed by atoms with Crippen LogP contribution in [0, 0.1) is 0 Å². The SMILES string of the molecule is CC(C)(C)OC(=O)N1CCN(Sc2ccc(N=CC(CC(=O)O)=NN)cc2)CC1. The van der Waals surface area contributed by atoms with Crippen LogP contribution in [0.15, 0.2) is 39.3 Å². The van der Waals surface area contributed by atoms with Gasteiger partial charge in [-0.05, 0) is 57.0 Å². The van der Waals surface area contributed by atoms with E-state index in [0.717, 1.165) is 18.0 Å². The molecule has 0 aliphatic carbocycles. The van der Waals surface area contributed by atoms with Crippen LogP contribution < -0.4 is 5.84 Å². The molecule has 3 N–H and O–H groups in total. The molecule has 1 heterocycles. The standard InChI is InChI=1S/C19H27N5O4S/c1-19(2,3)28-18(27)23-8-10-24(11-9-23)29-16-6-4-14(5-7-16)21-13-15(22-20)12-17(25)26/h4-7,13H,8-12,20H2,1-3H3,(H,25,26). The number of benzene rings is 1. The van der Waals surface area contributed by atoms with Crippen LogP contribution >= 0.6 is 11.9 Å². The molecule has 1 fully saturated rings. The summed E-state index contributed by atoms with van der Waals surface area (Å²) >= 11 is 1.62. The van der Waals surface area contributed by atoms with Crippen molar-refractivity contribution in [2.75, 3.05) is 26.2 Å². The molecule has 10 heteroatoms. The van der Waals surface area contributed by atoms with Crippen molar-refractivity contribution in [3.63, 3.8) is 0 Å². The molecule has 0 spiro atoms. The van der Waals surface area contributed by atoms with E-state index in [4.69, 9.17) is 15.7 Å². The van der Waals surface area contributed by atoms with Gasteiger partial charge < -0.3 is 20.6 Å². The summed E-state index contributed by atoms with van der Waals surface area (Å²) in [6.45, 7) is 8.32. The average molecular weight is 422 g/mol. The van der Waals surface area contributed by atoms with Gasteiger partial charge in [-0.25, -0.2) is 9.10 Å². The van der Waals surface area contributed by atoms with Crippen LogP contribution in [0.25, 0.3) is 0 Å². The van der Waals surface area contributed by atoms with Gasteiger partial charge in [0.05, 0.1) is 24.0 Å². The third-order valence-corrected chi connectivity index (χ3v) is 4.93. The minimum absolute atomic E-state index is 0.193. The first kappa shape index (κ1) is 22.7. The van der Waals surface area contributed by atoms with Gasteiger partial charge >= 0.3 is 12.1 Å². The molecule has 0 aromatic heterocycles. The molecule has 1 aliphatic heterocycles. The molecule has 2 rings (SSSR count). The number of carbonyl (C=O) groups excluding carboxylic acids is 1. The molecule has 0 saturated carbocycles. The summed E-state index contributed by atoms with van der Waals surface area (Å²) in [5.74, 6) is 4.15. The van der Waals surface area contributed by atoms with Gasteiger partial charge in [-0.2, -0.15) is 5.10 Å². The predicted molar refractivity (Wildman–Crippen MR) is 114 cm³/mol. The highest BCUT2D eigenvalue weighted by atomic mass is 32.2. The molecule has 29 heavy (non-hydrogen) atoms. The Morgan fingerprint density at radius 2 is 1.83 bits per heavy atom. The van der Waals surface area contributed by atoms with Gasteiger partial charge in [0.1, 0.15) is 5.60 Å². The zero-order valence-electron chi connectivity index (χ0n) is 16.9. The molecular weight excluding hydrogens is 394 g/mol. The number of ether oxygens (including phenoxy) is 1. The highest BCUT2D eigenvalue weighted by Crippen LogP contribution is 2.26. The highest BCUT2D eigenvalue weighted by Gasteiger charge is 2.26. The fourth-order valence-electron chi connectivity index (χ4n) is 2.46. The van der Waals surface area contributed by atoms with E-state index in [-0.39, 0.29) is 18.2 Å². The normalized spacial score (nSPS) is 16.2. The Hall–Kier alpha value is -2.59. The van der Waals surface area contributed by atoms with Crippen LogP contribution in [0.5, 0.6) is 0 Å². The fraction of sp³-hybridized carbons (Fsp3) is 0.474. The molecule has 1 aromatic rings. The number of nitrogens with two attached hydrogens (primary N) is 1. The summed E-state index contributed by atoms with van der Waals surface area (Å²) in [6, 6.07) is 7.55. The lowest BCUT2D eigenvalue weighted by molar-refractivity contribution is -0.135. The summed E-state index contributed by atoms with van der Waals surface area (Å²) in [4.78, 5) is 29.8. The molecule has 9 nitrogen and oxygen atoms in total. The monoisotopic (exact) mass is 421 g/mol. The largest absolute Gasteiger partial charge is 0.481 e. The summed E-state index contributed by atoms with van der Waals surface area (Å²) in [6.07, 6.45) is 0.808. The minimum atomic E-state index is -1.01. The molecule has 0 bridgehead atoms. The van der Waals surface area contributed by atoms with Gasteiger partial charge in [0.25, 0.3) is 0 Å². The van der Waals surface area contributed by atoms with Crippen molar-refractivity contribution in [1.82, 2.24) is 9.21 Å². The van der Waals surface area contributed by atoms with Crippen LogP contribution in [0.2, 0.25) is 0 Å². The highest BCUT2D eigenvalue weighted by molar-refractivity contribution is 7.97. The van der Waals surface area contributed by atoms with Crippen molar-refractivity contribution in [2.24, 2.45) is 15.9 Å². The first-order valence-electron chi connectivity index (χ1n) is 9.20. The second kappa shape index (κ2) is 10.3. The molecule has 1 aliphatic rings. The lowest BCUT2D eigenvalue weighted by atomic mass is 10.2. The molecule has 0 radical (unpaired) electrons. The van der Waals surface area contributed by atoms with Gasteiger partial charge in [0, 0.05) is 31.1 Å². The third kappa shape index (κ3) is 8.12. The maximum Gasteiger partial charge on any atom is 0.410 e. The van der Waals surface area contributed by atoms with E-state index in [9.17, 15) is 9.59 Å². The van der Waals surface area contributed by atoms with Crippen molar-refractivity contribution in [3.05, 3.63) is 24.3 Å². The van der Waals surface area contributed by atoms with Crippen molar-refractivity contribution in [2.45, 2.75) is 37.7 Å². The summed E-state index contributed by atoms with van der Waals surface area (Å²) in [7, 11) is 0. The number of hydrogen-bond acceptors (Lipinski definition) is 8. The van der Waals surface area contributed by atoms with Gasteiger partial charge in [-0.1, -0.05) is 0 Å². The number of piperazine rings is 1. The van der Waals surface area contributed by atoms with E-state index in [1.54, 1.807) is 16.8 Å². The van der Waals surface area contributed by atoms with Crippen molar-refractivity contribution < 1.29 is 19.4 Å². The van der Waals surface area contributed by atoms with E-state index in [1.165, 1.54) is 6.21 Å². The first-order valence-corrected chi connectivity index (χ1v) is 9.97. The number of amides is 1. The van der Waals surface area contributed by atoms with Gasteiger partial charge in [-0.3, -0.25) is 9.79 Å². The molecule has 0 unspecified atom stereocenters. The Morgan fingerprint density at radius 3 is 2.34 bits per heavy atom. The Kier molecular flexibility index (Phi) is 8.03. The topological polar surface area (TPSA) is 121 Å². The van der Waals surface area contributed by atoms with Crippen LogP contribution in [0.3, 0.4) is 0 Å². The van der Waals surface area contributed by atoms with Gasteiger partial charge in [0.15, 0.2) is 0 Å². The number of hydrazone groups is 1. The zero-order chi connectivity index (χ0) is 21.4. The number of aliphatic imine (C=N–C) groups is 1. The van der Waals surface area contributed by atoms with Gasteiger partial charge in [-0.15, -0.1) is 0 Å². The lowest BCUT2D eigenvalue weighted by Gasteiger charge is -2.34. The summed E-state index contributed by atoms with van der Waals surface area (Å²) in [5, 5.41) is 12.2. The Balaban J connectivity index is 1.83. The number of rotatable bonds is 6. The molecular formula is C19H27N5O4S. The van der Waals surface area contributed by atoms with Crippen LogP contribution in [0.4, 0.5) is 10.5 Å². The quantitative estimate of drug-likeness (QED) is 0.313. The van der Waals surface area contributed by atoms with E-state index < -0.39 is 11.6 Å². The zero-order valence-corrected chi connectivity index (χ0v) is 17.7. The smallest absolute Gasteiger partial charge is 0.410 e. The Labute approximate surface area is 174 Å². The third-order valence-electron chi connectivity index (χ3n) is 3.82. The average Bonchev–Trinajstić information content (AvgIpc) is 2.65. The second-order valence-electron chi connectivity index (χ2n) is 7.43. The van der Waals surface area contributed by atoms with E-state index in [0.29, 0.717) is 18.8 Å². The molecule has 158 valence electrons. The summed E-state index contributed by atoms with van der Waals surface area (Å²) in [5.41, 5.74) is 0.381. The van der Waals surface area contributed by atoms with E-state index in [1.807, 2.05) is 45.0 Å². The maximum atomic E-state index is 12.1. The lowest BCUT2D eigenvalue weighted by Crippen LogP contribution is -2.47. The fourth-order valence-corrected chi connectivity index (χ4v) is 3.36. The Bertz CT molecular complexity index is 766. The molecule has 1 aromatic carbocycles. The minimum Gasteiger partial charge on any atom is -0.481 e. The second-order valence-corrected chi connectivity index (χ2v) is 8.60.